The molecule has 1 unspecified atom stereocenters. The first-order chi connectivity index (χ1) is 17.4. The maximum absolute atomic E-state index is 13.7. The summed E-state index contributed by atoms with van der Waals surface area (Å²) >= 11 is 6.19. The zero-order valence-electron chi connectivity index (χ0n) is 21.2. The van der Waals surface area contributed by atoms with Gasteiger partial charge in [0.2, 0.25) is 0 Å². The number of para-hydroxylation sites is 1. The van der Waals surface area contributed by atoms with Crippen LogP contribution in [0.4, 0.5) is 5.69 Å². The Kier molecular flexibility index (Phi) is 8.11. The van der Waals surface area contributed by atoms with Crippen molar-refractivity contribution in [1.82, 2.24) is 9.88 Å². The van der Waals surface area contributed by atoms with Crippen LogP contribution in [-0.4, -0.2) is 48.1 Å². The Morgan fingerprint density at radius 2 is 2.00 bits per heavy atom. The Morgan fingerprint density at radius 3 is 2.72 bits per heavy atom. The minimum absolute atomic E-state index is 0.319. The maximum atomic E-state index is 13.7. The molecule has 2 heterocycles. The Balaban J connectivity index is 1.64. The number of nitrogens with zero attached hydrogens (tertiary/aromatic N) is 2. The summed E-state index contributed by atoms with van der Waals surface area (Å²) in [6.45, 7) is 8.28. The van der Waals surface area contributed by atoms with Crippen LogP contribution in [0, 0.1) is 6.92 Å². The fourth-order valence-electron chi connectivity index (χ4n) is 4.64. The highest BCUT2D eigenvalue weighted by atomic mass is 35.5. The summed E-state index contributed by atoms with van der Waals surface area (Å²) in [4.78, 5) is 34.0. The topological polar surface area (TPSA) is 80.8 Å². The fraction of sp³-hybridized carbons (Fsp3) is 0.393. The van der Waals surface area contributed by atoms with Gasteiger partial charge in [0, 0.05) is 47.2 Å². The minimum atomic E-state index is -0.976. The molecule has 1 aliphatic heterocycles. The van der Waals surface area contributed by atoms with Gasteiger partial charge in [0.15, 0.2) is 6.10 Å². The molecule has 1 N–H and O–H groups in total. The summed E-state index contributed by atoms with van der Waals surface area (Å²) in [6, 6.07) is 11.0. The zero-order chi connectivity index (χ0) is 25.8. The van der Waals surface area contributed by atoms with Crippen LogP contribution in [0.2, 0.25) is 5.02 Å². The second-order valence-electron chi connectivity index (χ2n) is 9.05. The van der Waals surface area contributed by atoms with Crippen LogP contribution in [0.25, 0.3) is 10.9 Å². The number of ether oxygens (including phenoxy) is 2. The number of pyridine rings is 1. The molecule has 36 heavy (non-hydrogen) atoms. The third-order valence-electron chi connectivity index (χ3n) is 6.52. The largest absolute Gasteiger partial charge is 0.495 e. The fourth-order valence-corrected chi connectivity index (χ4v) is 4.79. The van der Waals surface area contributed by atoms with Gasteiger partial charge >= 0.3 is 5.97 Å². The summed E-state index contributed by atoms with van der Waals surface area (Å²) in [5.74, 6) is -0.500. The van der Waals surface area contributed by atoms with Crippen molar-refractivity contribution < 1.29 is 19.1 Å². The van der Waals surface area contributed by atoms with Crippen LogP contribution in [0.5, 0.6) is 5.75 Å². The molecule has 7 nitrogen and oxygen atoms in total. The van der Waals surface area contributed by atoms with Crippen molar-refractivity contribution in [2.75, 3.05) is 25.5 Å². The number of esters is 1. The van der Waals surface area contributed by atoms with E-state index in [1.54, 1.807) is 12.1 Å². The van der Waals surface area contributed by atoms with Crippen molar-refractivity contribution in [2.24, 2.45) is 0 Å². The molecule has 0 saturated heterocycles. The van der Waals surface area contributed by atoms with Gasteiger partial charge < -0.3 is 14.8 Å². The van der Waals surface area contributed by atoms with Gasteiger partial charge in [-0.15, -0.1) is 0 Å². The van der Waals surface area contributed by atoms with Gasteiger partial charge in [0.25, 0.3) is 5.91 Å². The predicted octanol–water partition coefficient (Wildman–Crippen LogP) is 5.55. The molecule has 1 aliphatic rings. The van der Waals surface area contributed by atoms with E-state index in [4.69, 9.17) is 26.1 Å². The minimum Gasteiger partial charge on any atom is -0.495 e. The first-order valence-electron chi connectivity index (χ1n) is 12.3. The average molecular weight is 510 g/mol. The summed E-state index contributed by atoms with van der Waals surface area (Å²) in [6.07, 6.45) is 1.14. The van der Waals surface area contributed by atoms with Crippen molar-refractivity contribution in [2.45, 2.75) is 52.7 Å². The number of carbonyl (C=O) groups is 2. The number of nitrogens with one attached hydrogen (secondary N) is 1. The number of benzene rings is 2. The molecule has 0 saturated carbocycles. The Morgan fingerprint density at radius 1 is 1.22 bits per heavy atom. The standard InChI is InChI=1S/C28H32ClN3O4/c1-5-12-32-13-11-22-19(16-32)26(18-9-7-8-10-21(18)30-22)28(34)36-24(6-2)27(33)31-23-14-17(3)20(29)15-25(23)35-4/h7-10,14-15,24H,5-6,11-13,16H2,1-4H3,(H,31,33). The molecule has 0 bridgehead atoms. The van der Waals surface area contributed by atoms with Crippen LogP contribution >= 0.6 is 11.6 Å². The molecule has 1 amide bonds. The number of aromatic nitrogens is 1. The second kappa shape index (κ2) is 11.3. The average Bonchev–Trinajstić information content (AvgIpc) is 2.87. The van der Waals surface area contributed by atoms with E-state index in [-0.39, 0.29) is 0 Å². The van der Waals surface area contributed by atoms with Crippen LogP contribution in [-0.2, 0) is 22.5 Å². The van der Waals surface area contributed by atoms with Crippen molar-refractivity contribution in [1.29, 1.82) is 0 Å². The van der Waals surface area contributed by atoms with Crippen molar-refractivity contribution in [3.05, 3.63) is 63.8 Å². The summed E-state index contributed by atoms with van der Waals surface area (Å²) < 4.78 is 11.2. The van der Waals surface area contributed by atoms with Gasteiger partial charge in [-0.05, 0) is 44.0 Å². The smallest absolute Gasteiger partial charge is 0.340 e. The molecule has 3 aromatic rings. The van der Waals surface area contributed by atoms with Crippen molar-refractivity contribution in [3.63, 3.8) is 0 Å². The van der Waals surface area contributed by atoms with E-state index in [0.29, 0.717) is 35.0 Å². The van der Waals surface area contributed by atoms with E-state index in [0.717, 1.165) is 53.7 Å². The molecule has 190 valence electrons. The SMILES string of the molecule is CCCN1CCc2nc3ccccc3c(C(=O)OC(CC)C(=O)Nc3cc(C)c(Cl)cc3OC)c2C1. The zero-order valence-corrected chi connectivity index (χ0v) is 21.9. The lowest BCUT2D eigenvalue weighted by Crippen LogP contribution is -2.35. The van der Waals surface area contributed by atoms with Crippen LogP contribution in [0.15, 0.2) is 36.4 Å². The summed E-state index contributed by atoms with van der Waals surface area (Å²) in [7, 11) is 1.51. The molecule has 1 atom stereocenters. The molecule has 0 spiro atoms. The number of carbonyl (C=O) groups excluding carboxylic acids is 2. The highest BCUT2D eigenvalue weighted by Crippen LogP contribution is 2.32. The molecular weight excluding hydrogens is 478 g/mol. The number of amides is 1. The Bertz CT molecular complexity index is 1290. The normalized spacial score (nSPS) is 14.2. The Labute approximate surface area is 216 Å². The molecule has 4 rings (SSSR count). The van der Waals surface area contributed by atoms with E-state index >= 15 is 0 Å². The summed E-state index contributed by atoms with van der Waals surface area (Å²) in [5.41, 5.74) is 4.34. The van der Waals surface area contributed by atoms with E-state index in [2.05, 4.69) is 17.1 Å². The highest BCUT2D eigenvalue weighted by Gasteiger charge is 2.29. The lowest BCUT2D eigenvalue weighted by atomic mass is 9.95. The lowest BCUT2D eigenvalue weighted by molar-refractivity contribution is -0.124. The first kappa shape index (κ1) is 25.9. The van der Waals surface area contributed by atoms with Gasteiger partial charge in [-0.2, -0.15) is 0 Å². The number of methoxy groups -OCH3 is 1. The van der Waals surface area contributed by atoms with Gasteiger partial charge in [-0.25, -0.2) is 4.79 Å². The Hall–Kier alpha value is -3.16. The number of hydrogen-bond acceptors (Lipinski definition) is 6. The lowest BCUT2D eigenvalue weighted by Gasteiger charge is -2.30. The molecule has 0 radical (unpaired) electrons. The predicted molar refractivity (Wildman–Crippen MR) is 142 cm³/mol. The van der Waals surface area contributed by atoms with E-state index < -0.39 is 18.0 Å². The number of rotatable bonds is 8. The quantitative estimate of drug-likeness (QED) is 0.401. The molecule has 2 aromatic carbocycles. The monoisotopic (exact) mass is 509 g/mol. The van der Waals surface area contributed by atoms with Gasteiger partial charge in [-0.3, -0.25) is 14.7 Å². The third kappa shape index (κ3) is 5.32. The first-order valence-corrected chi connectivity index (χ1v) is 12.7. The molecule has 8 heteroatoms. The van der Waals surface area contributed by atoms with Gasteiger partial charge in [-0.1, -0.05) is 43.6 Å². The highest BCUT2D eigenvalue weighted by molar-refractivity contribution is 6.31. The number of fused-ring (bicyclic) bond motifs is 2. The number of halogens is 1. The maximum Gasteiger partial charge on any atom is 0.340 e. The van der Waals surface area contributed by atoms with Crippen LogP contribution < -0.4 is 10.1 Å². The number of hydrogen-bond donors (Lipinski definition) is 1. The molecule has 0 aliphatic carbocycles. The third-order valence-corrected chi connectivity index (χ3v) is 6.93. The van der Waals surface area contributed by atoms with Crippen LogP contribution in [0.3, 0.4) is 0 Å². The van der Waals surface area contributed by atoms with E-state index in [9.17, 15) is 9.59 Å². The number of aryl methyl sites for hydroxylation is 1. The van der Waals surface area contributed by atoms with Crippen LogP contribution in [0.1, 0.15) is 53.9 Å². The van der Waals surface area contributed by atoms with Gasteiger partial charge in [0.1, 0.15) is 5.75 Å². The van der Waals surface area contributed by atoms with E-state index in [1.807, 2.05) is 38.1 Å². The molecule has 1 aromatic heterocycles. The number of anilines is 1. The second-order valence-corrected chi connectivity index (χ2v) is 9.46. The van der Waals surface area contributed by atoms with Gasteiger partial charge in [0.05, 0.1) is 23.9 Å². The van der Waals surface area contributed by atoms with Crippen molar-refractivity contribution >= 4 is 40.1 Å². The van der Waals surface area contributed by atoms with E-state index in [1.165, 1.54) is 7.11 Å². The summed E-state index contributed by atoms with van der Waals surface area (Å²) in [5, 5.41) is 4.12. The molecular formula is C28H32ClN3O4. The molecule has 0 fully saturated rings. The van der Waals surface area contributed by atoms with Crippen molar-refractivity contribution in [3.8, 4) is 5.75 Å².